The second-order valence-electron chi connectivity index (χ2n) is 7.51. The van der Waals surface area contributed by atoms with Crippen LogP contribution in [0.5, 0.6) is 0 Å². The number of pyridine rings is 1. The highest BCUT2D eigenvalue weighted by Crippen LogP contribution is 2.30. The summed E-state index contributed by atoms with van der Waals surface area (Å²) >= 11 is 0.366. The maximum atomic E-state index is 13.2. The van der Waals surface area contributed by atoms with Gasteiger partial charge in [-0.2, -0.15) is 8.78 Å². The standard InChI is InChI=1S/C21H20F2N6OS/c22-20(23)31-21-24-15-7-1-2-8-16(15)29(21)13-18(30)27-10-5-6-14(12-27)19-26-25-17-9-3-4-11-28(17)19/h1-4,7-9,11,14,20H,5-6,10,12-13H2. The molecule has 1 fully saturated rings. The second kappa shape index (κ2) is 8.26. The lowest BCUT2D eigenvalue weighted by molar-refractivity contribution is -0.133. The largest absolute Gasteiger partial charge is 0.340 e. The van der Waals surface area contributed by atoms with Crippen molar-refractivity contribution in [1.82, 2.24) is 29.0 Å². The first-order valence-electron chi connectivity index (χ1n) is 10.1. The molecule has 7 nitrogen and oxygen atoms in total. The van der Waals surface area contributed by atoms with E-state index in [4.69, 9.17) is 0 Å². The topological polar surface area (TPSA) is 68.3 Å². The minimum absolute atomic E-state index is 0.0249. The smallest absolute Gasteiger partial charge is 0.291 e. The van der Waals surface area contributed by atoms with E-state index in [1.54, 1.807) is 27.7 Å². The number of thioether (sulfide) groups is 1. The molecule has 4 aromatic rings. The van der Waals surface area contributed by atoms with Gasteiger partial charge in [0.25, 0.3) is 5.76 Å². The Labute approximate surface area is 181 Å². The molecule has 5 rings (SSSR count). The summed E-state index contributed by atoms with van der Waals surface area (Å²) in [6, 6.07) is 12.9. The first kappa shape index (κ1) is 19.9. The van der Waals surface area contributed by atoms with Gasteiger partial charge >= 0.3 is 0 Å². The average Bonchev–Trinajstić information content (AvgIpc) is 3.35. The summed E-state index contributed by atoms with van der Waals surface area (Å²) in [7, 11) is 0. The number of alkyl halides is 2. The van der Waals surface area contributed by atoms with Crippen LogP contribution in [0.15, 0.2) is 53.8 Å². The van der Waals surface area contributed by atoms with Gasteiger partial charge in [-0.05, 0) is 48.9 Å². The Morgan fingerprint density at radius 1 is 1.16 bits per heavy atom. The van der Waals surface area contributed by atoms with Crippen LogP contribution >= 0.6 is 11.8 Å². The zero-order valence-corrected chi connectivity index (χ0v) is 17.4. The molecule has 1 unspecified atom stereocenters. The number of benzene rings is 1. The minimum atomic E-state index is -2.61. The van der Waals surface area contributed by atoms with E-state index in [9.17, 15) is 13.6 Å². The molecule has 160 valence electrons. The van der Waals surface area contributed by atoms with Crippen molar-refractivity contribution in [3.8, 4) is 0 Å². The molecule has 1 atom stereocenters. The molecule has 1 saturated heterocycles. The zero-order valence-electron chi connectivity index (χ0n) is 16.6. The van der Waals surface area contributed by atoms with Gasteiger partial charge in [0.1, 0.15) is 12.4 Å². The van der Waals surface area contributed by atoms with Gasteiger partial charge in [-0.15, -0.1) is 10.2 Å². The maximum Gasteiger partial charge on any atom is 0.291 e. The summed E-state index contributed by atoms with van der Waals surface area (Å²) in [4.78, 5) is 19.3. The Morgan fingerprint density at radius 2 is 2.00 bits per heavy atom. The van der Waals surface area contributed by atoms with Crippen LogP contribution in [0, 0.1) is 0 Å². The normalized spacial score (nSPS) is 17.1. The number of imidazole rings is 1. The maximum absolute atomic E-state index is 13.2. The minimum Gasteiger partial charge on any atom is -0.340 e. The lowest BCUT2D eigenvalue weighted by Crippen LogP contribution is -2.41. The molecular weight excluding hydrogens is 422 g/mol. The third-order valence-electron chi connectivity index (χ3n) is 5.59. The van der Waals surface area contributed by atoms with Gasteiger partial charge in [0, 0.05) is 25.2 Å². The summed E-state index contributed by atoms with van der Waals surface area (Å²) in [5.74, 6) is -1.80. The highest BCUT2D eigenvalue weighted by atomic mass is 32.2. The second-order valence-corrected chi connectivity index (χ2v) is 8.47. The number of likely N-dealkylation sites (tertiary alicyclic amines) is 1. The van der Waals surface area contributed by atoms with E-state index >= 15 is 0 Å². The Balaban J connectivity index is 1.38. The SMILES string of the molecule is O=C(Cn1c(SC(F)F)nc2ccccc21)N1CCCC(c2nnc3ccccn23)C1. The Kier molecular flexibility index (Phi) is 5.31. The highest BCUT2D eigenvalue weighted by Gasteiger charge is 2.29. The van der Waals surface area contributed by atoms with E-state index in [0.717, 1.165) is 24.3 Å². The van der Waals surface area contributed by atoms with Gasteiger partial charge < -0.3 is 9.47 Å². The predicted molar refractivity (Wildman–Crippen MR) is 113 cm³/mol. The first-order valence-corrected chi connectivity index (χ1v) is 11.0. The van der Waals surface area contributed by atoms with Gasteiger partial charge in [0.15, 0.2) is 10.8 Å². The van der Waals surface area contributed by atoms with Gasteiger partial charge in [0.2, 0.25) is 5.91 Å². The van der Waals surface area contributed by atoms with Crippen molar-refractivity contribution < 1.29 is 13.6 Å². The van der Waals surface area contributed by atoms with Crippen molar-refractivity contribution in [1.29, 1.82) is 0 Å². The first-order chi connectivity index (χ1) is 15.1. The number of nitrogens with zero attached hydrogens (tertiary/aromatic N) is 6. The lowest BCUT2D eigenvalue weighted by atomic mass is 9.97. The van der Waals surface area contributed by atoms with Crippen LogP contribution < -0.4 is 0 Å². The number of halogens is 2. The third-order valence-corrected chi connectivity index (χ3v) is 6.29. The van der Waals surface area contributed by atoms with E-state index < -0.39 is 5.76 Å². The summed E-state index contributed by atoms with van der Waals surface area (Å²) in [6.07, 6.45) is 3.69. The summed E-state index contributed by atoms with van der Waals surface area (Å²) in [5, 5.41) is 8.72. The fraction of sp³-hybridized carbons (Fsp3) is 0.333. The average molecular weight is 442 g/mol. The van der Waals surface area contributed by atoms with E-state index in [-0.39, 0.29) is 23.5 Å². The number of rotatable bonds is 5. The fourth-order valence-corrected chi connectivity index (χ4v) is 4.76. The molecule has 4 heterocycles. The molecule has 1 amide bonds. The van der Waals surface area contributed by atoms with Crippen LogP contribution in [-0.4, -0.2) is 53.8 Å². The molecule has 0 N–H and O–H groups in total. The molecule has 0 bridgehead atoms. The number of hydrogen-bond acceptors (Lipinski definition) is 5. The Bertz CT molecular complexity index is 1240. The Hall–Kier alpha value is -3.01. The Morgan fingerprint density at radius 3 is 2.87 bits per heavy atom. The van der Waals surface area contributed by atoms with Gasteiger partial charge in [-0.25, -0.2) is 4.98 Å². The van der Waals surface area contributed by atoms with Gasteiger partial charge in [-0.3, -0.25) is 9.20 Å². The number of amides is 1. The monoisotopic (exact) mass is 442 g/mol. The number of fused-ring (bicyclic) bond motifs is 2. The molecule has 31 heavy (non-hydrogen) atoms. The lowest BCUT2D eigenvalue weighted by Gasteiger charge is -2.32. The molecular formula is C21H20F2N6OS. The van der Waals surface area contributed by atoms with Crippen LogP contribution in [0.25, 0.3) is 16.7 Å². The molecule has 0 radical (unpaired) electrons. The quantitative estimate of drug-likeness (QED) is 0.440. The number of piperidine rings is 1. The number of para-hydroxylation sites is 2. The highest BCUT2D eigenvalue weighted by molar-refractivity contribution is 7.99. The van der Waals surface area contributed by atoms with Crippen molar-refractivity contribution in [2.24, 2.45) is 0 Å². The van der Waals surface area contributed by atoms with Crippen molar-refractivity contribution in [2.75, 3.05) is 13.1 Å². The van der Waals surface area contributed by atoms with Crippen molar-refractivity contribution in [3.05, 3.63) is 54.5 Å². The molecule has 0 spiro atoms. The summed E-state index contributed by atoms with van der Waals surface area (Å²) < 4.78 is 29.7. The molecule has 1 aliphatic heterocycles. The number of carbonyl (C=O) groups excluding carboxylic acids is 1. The zero-order chi connectivity index (χ0) is 21.4. The van der Waals surface area contributed by atoms with Crippen LogP contribution in [-0.2, 0) is 11.3 Å². The van der Waals surface area contributed by atoms with Crippen molar-refractivity contribution in [2.45, 2.75) is 36.2 Å². The number of hydrogen-bond donors (Lipinski definition) is 0. The summed E-state index contributed by atoms with van der Waals surface area (Å²) in [6.45, 7) is 1.14. The van der Waals surface area contributed by atoms with Gasteiger partial charge in [0.05, 0.1) is 11.0 Å². The molecule has 0 aliphatic carbocycles. The van der Waals surface area contributed by atoms with E-state index in [2.05, 4.69) is 15.2 Å². The van der Waals surface area contributed by atoms with Crippen LogP contribution in [0.1, 0.15) is 24.6 Å². The molecule has 1 aromatic carbocycles. The van der Waals surface area contributed by atoms with Crippen molar-refractivity contribution in [3.63, 3.8) is 0 Å². The molecule has 10 heteroatoms. The number of carbonyl (C=O) groups is 1. The van der Waals surface area contributed by atoms with E-state index in [1.165, 1.54) is 0 Å². The molecule has 3 aromatic heterocycles. The van der Waals surface area contributed by atoms with Crippen LogP contribution in [0.2, 0.25) is 0 Å². The summed E-state index contributed by atoms with van der Waals surface area (Å²) in [5.41, 5.74) is 2.06. The van der Waals surface area contributed by atoms with Crippen LogP contribution in [0.4, 0.5) is 8.78 Å². The molecule has 1 aliphatic rings. The molecule has 0 saturated carbocycles. The third kappa shape index (κ3) is 3.87. The number of aromatic nitrogens is 5. The van der Waals surface area contributed by atoms with Crippen LogP contribution in [0.3, 0.4) is 0 Å². The van der Waals surface area contributed by atoms with Crippen molar-refractivity contribution >= 4 is 34.3 Å². The fourth-order valence-electron chi connectivity index (χ4n) is 4.16. The van der Waals surface area contributed by atoms with Gasteiger partial charge in [-0.1, -0.05) is 18.2 Å². The predicted octanol–water partition coefficient (Wildman–Crippen LogP) is 3.80. The van der Waals surface area contributed by atoms with E-state index in [0.29, 0.717) is 35.9 Å². The van der Waals surface area contributed by atoms with E-state index in [1.807, 2.05) is 34.9 Å².